The van der Waals surface area contributed by atoms with Crippen LogP contribution >= 0.6 is 0 Å². The van der Waals surface area contributed by atoms with E-state index in [1.807, 2.05) is 16.9 Å². The molecule has 0 radical (unpaired) electrons. The summed E-state index contributed by atoms with van der Waals surface area (Å²) >= 11 is 0. The lowest BCUT2D eigenvalue weighted by molar-refractivity contribution is 0.0690. The van der Waals surface area contributed by atoms with Gasteiger partial charge in [-0.25, -0.2) is 14.5 Å². The lowest BCUT2D eigenvalue weighted by Gasteiger charge is -2.21. The fourth-order valence-corrected chi connectivity index (χ4v) is 2.72. The van der Waals surface area contributed by atoms with E-state index in [1.54, 1.807) is 6.07 Å². The number of hydrogen-bond acceptors (Lipinski definition) is 5. The second-order valence-corrected chi connectivity index (χ2v) is 6.12. The van der Waals surface area contributed by atoms with Gasteiger partial charge in [0.15, 0.2) is 5.69 Å². The van der Waals surface area contributed by atoms with Crippen LogP contribution in [0.4, 0.5) is 5.82 Å². The maximum Gasteiger partial charge on any atom is 0.354 e. The van der Waals surface area contributed by atoms with Gasteiger partial charge in [-0.05, 0) is 44.4 Å². The lowest BCUT2D eigenvalue weighted by Crippen LogP contribution is -2.25. The molecule has 7 heteroatoms. The van der Waals surface area contributed by atoms with E-state index in [1.165, 1.54) is 11.6 Å². The summed E-state index contributed by atoms with van der Waals surface area (Å²) in [6, 6.07) is 5.39. The molecule has 2 aromatic heterocycles. The number of carboxylic acid groups (broad SMARTS) is 1. The minimum Gasteiger partial charge on any atom is -0.477 e. The monoisotopic (exact) mass is 327 g/mol. The summed E-state index contributed by atoms with van der Waals surface area (Å²) in [4.78, 5) is 17.4. The molecule has 1 aliphatic heterocycles. The van der Waals surface area contributed by atoms with Gasteiger partial charge in [-0.2, -0.15) is 0 Å². The number of carboxylic acids is 1. The molecule has 0 aromatic carbocycles. The Balaban J connectivity index is 1.73. The zero-order valence-electron chi connectivity index (χ0n) is 13.9. The second-order valence-electron chi connectivity index (χ2n) is 6.12. The van der Waals surface area contributed by atoms with E-state index in [0.717, 1.165) is 31.6 Å². The quantitative estimate of drug-likeness (QED) is 0.929. The van der Waals surface area contributed by atoms with Crippen LogP contribution in [-0.2, 0) is 0 Å². The maximum atomic E-state index is 11.1. The van der Waals surface area contributed by atoms with Gasteiger partial charge in [-0.1, -0.05) is 17.4 Å². The summed E-state index contributed by atoms with van der Waals surface area (Å²) in [5, 5.41) is 17.5. The first-order chi connectivity index (χ1) is 11.5. The highest BCUT2D eigenvalue weighted by Gasteiger charge is 2.16. The Labute approximate surface area is 140 Å². The van der Waals surface area contributed by atoms with Gasteiger partial charge in [0, 0.05) is 19.1 Å². The van der Waals surface area contributed by atoms with Crippen molar-refractivity contribution in [1.29, 1.82) is 0 Å². The van der Waals surface area contributed by atoms with Gasteiger partial charge in [0.2, 0.25) is 0 Å². The third-order valence-electron chi connectivity index (χ3n) is 4.09. The van der Waals surface area contributed by atoms with E-state index < -0.39 is 5.97 Å². The van der Waals surface area contributed by atoms with Gasteiger partial charge in [-0.15, -0.1) is 5.10 Å². The Bertz CT molecular complexity index is 766. The molecule has 0 bridgehead atoms. The van der Waals surface area contributed by atoms with Crippen LogP contribution < -0.4 is 4.90 Å². The normalized spacial score (nSPS) is 15.3. The molecule has 0 spiro atoms. The van der Waals surface area contributed by atoms with Crippen LogP contribution in [0.2, 0.25) is 0 Å². The molecule has 0 saturated heterocycles. The number of carbonyl (C=O) groups is 1. The first kappa shape index (κ1) is 16.2. The largest absolute Gasteiger partial charge is 0.477 e. The summed E-state index contributed by atoms with van der Waals surface area (Å²) in [5.41, 5.74) is 2.17. The number of aromatic carboxylic acids is 1. The first-order valence-corrected chi connectivity index (χ1v) is 8.11. The summed E-state index contributed by atoms with van der Waals surface area (Å²) < 4.78 is 1.86. The molecular weight excluding hydrogens is 306 g/mol. The number of nitrogens with zero attached hydrogens (tertiary/aromatic N) is 5. The number of aromatic nitrogens is 4. The van der Waals surface area contributed by atoms with Crippen molar-refractivity contribution in [2.24, 2.45) is 0 Å². The van der Waals surface area contributed by atoms with Crippen molar-refractivity contribution in [1.82, 2.24) is 20.0 Å². The minimum absolute atomic E-state index is 0.0739. The fraction of sp³-hybridized carbons (Fsp3) is 0.412. The van der Waals surface area contributed by atoms with E-state index in [2.05, 4.69) is 40.1 Å². The highest BCUT2D eigenvalue weighted by molar-refractivity contribution is 5.85. The molecule has 1 N–H and O–H groups in total. The van der Waals surface area contributed by atoms with Crippen molar-refractivity contribution >= 4 is 17.4 Å². The molecule has 0 saturated carbocycles. The Kier molecular flexibility index (Phi) is 4.59. The molecule has 2 aromatic rings. The second kappa shape index (κ2) is 6.82. The molecule has 3 heterocycles. The molecule has 0 fully saturated rings. The molecule has 1 aliphatic rings. The molecule has 3 rings (SSSR count). The van der Waals surface area contributed by atoms with E-state index in [4.69, 9.17) is 5.11 Å². The van der Waals surface area contributed by atoms with Gasteiger partial charge < -0.3 is 10.0 Å². The predicted octanol–water partition coefficient (Wildman–Crippen LogP) is 2.64. The first-order valence-electron chi connectivity index (χ1n) is 8.11. The highest BCUT2D eigenvalue weighted by Crippen LogP contribution is 2.23. The van der Waals surface area contributed by atoms with Crippen LogP contribution in [-0.4, -0.2) is 44.1 Å². The Morgan fingerprint density at radius 3 is 2.83 bits per heavy atom. The van der Waals surface area contributed by atoms with E-state index in [-0.39, 0.29) is 11.7 Å². The van der Waals surface area contributed by atoms with Crippen molar-refractivity contribution in [3.8, 4) is 0 Å². The van der Waals surface area contributed by atoms with Crippen LogP contribution in [0, 0.1) is 0 Å². The average molecular weight is 327 g/mol. The van der Waals surface area contributed by atoms with Crippen molar-refractivity contribution in [2.45, 2.75) is 32.7 Å². The SMILES string of the molecule is CC(C)n1cc(C2=CCCN(c3cccc(C(=O)O)n3)CC2)nn1. The zero-order valence-corrected chi connectivity index (χ0v) is 13.9. The number of rotatable bonds is 4. The van der Waals surface area contributed by atoms with E-state index in [0.29, 0.717) is 5.82 Å². The highest BCUT2D eigenvalue weighted by atomic mass is 16.4. The van der Waals surface area contributed by atoms with Gasteiger partial charge in [0.25, 0.3) is 0 Å². The summed E-state index contributed by atoms with van der Waals surface area (Å²) in [5.74, 6) is -0.300. The molecule has 24 heavy (non-hydrogen) atoms. The fourth-order valence-electron chi connectivity index (χ4n) is 2.72. The maximum absolute atomic E-state index is 11.1. The lowest BCUT2D eigenvalue weighted by atomic mass is 10.1. The van der Waals surface area contributed by atoms with Gasteiger partial charge in [-0.3, -0.25) is 0 Å². The summed E-state index contributed by atoms with van der Waals surface area (Å²) in [7, 11) is 0. The number of anilines is 1. The smallest absolute Gasteiger partial charge is 0.354 e. The number of pyridine rings is 1. The van der Waals surface area contributed by atoms with Crippen LogP contribution in [0.5, 0.6) is 0 Å². The van der Waals surface area contributed by atoms with Gasteiger partial charge in [0.1, 0.15) is 11.5 Å². The standard InChI is InChI=1S/C17H21N5O2/c1-12(2)22-11-15(19-20-22)13-5-4-9-21(10-8-13)16-7-3-6-14(18-16)17(23)24/h3,5-7,11-12H,4,8-10H2,1-2H3,(H,23,24). The summed E-state index contributed by atoms with van der Waals surface area (Å²) in [6.07, 6.45) is 5.86. The van der Waals surface area contributed by atoms with Crippen LogP contribution in [0.1, 0.15) is 48.9 Å². The Morgan fingerprint density at radius 2 is 2.12 bits per heavy atom. The van der Waals surface area contributed by atoms with Crippen LogP contribution in [0.3, 0.4) is 0 Å². The summed E-state index contributed by atoms with van der Waals surface area (Å²) in [6.45, 7) is 5.72. The predicted molar refractivity (Wildman–Crippen MR) is 91.0 cm³/mol. The third kappa shape index (κ3) is 3.45. The zero-order chi connectivity index (χ0) is 17.1. The van der Waals surface area contributed by atoms with Gasteiger partial charge >= 0.3 is 5.97 Å². The van der Waals surface area contributed by atoms with Crippen LogP contribution in [0.15, 0.2) is 30.5 Å². The molecule has 7 nitrogen and oxygen atoms in total. The van der Waals surface area contributed by atoms with Crippen molar-refractivity contribution in [3.63, 3.8) is 0 Å². The molecule has 126 valence electrons. The van der Waals surface area contributed by atoms with Crippen LogP contribution in [0.25, 0.3) is 5.57 Å². The van der Waals surface area contributed by atoms with E-state index >= 15 is 0 Å². The molecule has 0 atom stereocenters. The number of hydrogen-bond donors (Lipinski definition) is 1. The molecule has 0 aliphatic carbocycles. The van der Waals surface area contributed by atoms with Crippen molar-refractivity contribution in [2.75, 3.05) is 18.0 Å². The average Bonchev–Trinajstić information content (AvgIpc) is 2.94. The topological polar surface area (TPSA) is 84.1 Å². The van der Waals surface area contributed by atoms with Crippen molar-refractivity contribution in [3.05, 3.63) is 41.9 Å². The molecular formula is C17H21N5O2. The third-order valence-corrected chi connectivity index (χ3v) is 4.09. The van der Waals surface area contributed by atoms with Gasteiger partial charge in [0.05, 0.1) is 6.20 Å². The Hall–Kier alpha value is -2.70. The van der Waals surface area contributed by atoms with Crippen molar-refractivity contribution < 1.29 is 9.90 Å². The Morgan fingerprint density at radius 1 is 1.29 bits per heavy atom. The molecule has 0 amide bonds. The van der Waals surface area contributed by atoms with E-state index in [9.17, 15) is 4.79 Å². The minimum atomic E-state index is -1.00. The molecule has 0 unspecified atom stereocenters.